The van der Waals surface area contributed by atoms with Crippen LogP contribution in [0.1, 0.15) is 36.6 Å². The van der Waals surface area contributed by atoms with Crippen molar-refractivity contribution in [2.45, 2.75) is 31.8 Å². The molecule has 0 saturated carbocycles. The summed E-state index contributed by atoms with van der Waals surface area (Å²) in [5, 5.41) is 0. The highest BCUT2D eigenvalue weighted by molar-refractivity contribution is 5.41. The summed E-state index contributed by atoms with van der Waals surface area (Å²) in [6.07, 6.45) is 5.49. The van der Waals surface area contributed by atoms with Crippen LogP contribution in [0.5, 0.6) is 0 Å². The molecule has 100 valence electrons. The van der Waals surface area contributed by atoms with Gasteiger partial charge in [0, 0.05) is 11.7 Å². The molecule has 0 amide bonds. The molecule has 1 aromatic carbocycles. The van der Waals surface area contributed by atoms with Crippen LogP contribution in [0.2, 0.25) is 0 Å². The van der Waals surface area contributed by atoms with Gasteiger partial charge >= 0.3 is 0 Å². The highest BCUT2D eigenvalue weighted by Crippen LogP contribution is 2.32. The molecule has 19 heavy (non-hydrogen) atoms. The van der Waals surface area contributed by atoms with Crippen molar-refractivity contribution >= 4 is 5.69 Å². The molecule has 1 unspecified atom stereocenters. The highest BCUT2D eigenvalue weighted by atomic mass is 16.3. The Labute approximate surface area is 114 Å². The summed E-state index contributed by atoms with van der Waals surface area (Å²) in [4.78, 5) is 2.50. The molecular weight excluding hydrogens is 236 g/mol. The van der Waals surface area contributed by atoms with Gasteiger partial charge in [0.15, 0.2) is 0 Å². The van der Waals surface area contributed by atoms with Crippen LogP contribution in [0.4, 0.5) is 5.69 Å². The van der Waals surface area contributed by atoms with Gasteiger partial charge < -0.3 is 10.2 Å². The van der Waals surface area contributed by atoms with E-state index in [-0.39, 0.29) is 0 Å². The van der Waals surface area contributed by atoms with Gasteiger partial charge in [0.1, 0.15) is 5.76 Å². The summed E-state index contributed by atoms with van der Waals surface area (Å²) < 4.78 is 5.48. The average molecular weight is 256 g/mol. The van der Waals surface area contributed by atoms with Crippen molar-refractivity contribution in [2.24, 2.45) is 0 Å². The van der Waals surface area contributed by atoms with E-state index in [9.17, 15) is 0 Å². The molecule has 0 spiro atoms. The summed E-state index contributed by atoms with van der Waals surface area (Å²) in [6.45, 7) is 2.01. The molecular formula is C16H20N2O. The molecule has 0 bridgehead atoms. The Bertz CT molecular complexity index is 521. The molecule has 2 N–H and O–H groups in total. The van der Waals surface area contributed by atoms with Crippen LogP contribution in [0.15, 0.2) is 47.1 Å². The lowest BCUT2D eigenvalue weighted by Crippen LogP contribution is -2.32. The van der Waals surface area contributed by atoms with Gasteiger partial charge in [-0.15, -0.1) is 0 Å². The van der Waals surface area contributed by atoms with Gasteiger partial charge in [0.2, 0.25) is 0 Å². The molecule has 1 atom stereocenters. The predicted molar refractivity (Wildman–Crippen MR) is 76.6 cm³/mol. The molecule has 0 aliphatic carbocycles. The quantitative estimate of drug-likeness (QED) is 0.853. The lowest BCUT2D eigenvalue weighted by Gasteiger charge is -2.35. The highest BCUT2D eigenvalue weighted by Gasteiger charge is 2.24. The third-order valence-electron chi connectivity index (χ3n) is 3.85. The molecule has 3 rings (SSSR count). The SMILES string of the molecule is Nc1cccc(C2CCCCN2Cc2ccco2)c1. The van der Waals surface area contributed by atoms with Gasteiger partial charge in [-0.1, -0.05) is 18.6 Å². The van der Waals surface area contributed by atoms with Crippen LogP contribution in [-0.2, 0) is 6.54 Å². The number of piperidine rings is 1. The second kappa shape index (κ2) is 5.49. The van der Waals surface area contributed by atoms with E-state index in [1.165, 1.54) is 24.8 Å². The molecule has 0 radical (unpaired) electrons. The van der Waals surface area contributed by atoms with E-state index >= 15 is 0 Å². The Balaban J connectivity index is 1.80. The van der Waals surface area contributed by atoms with Gasteiger partial charge in [0.25, 0.3) is 0 Å². The number of benzene rings is 1. The summed E-state index contributed by atoms with van der Waals surface area (Å²) >= 11 is 0. The van der Waals surface area contributed by atoms with Gasteiger partial charge in [-0.05, 0) is 49.2 Å². The number of nitrogens with zero attached hydrogens (tertiary/aromatic N) is 1. The zero-order valence-corrected chi connectivity index (χ0v) is 11.1. The average Bonchev–Trinajstić information content (AvgIpc) is 2.92. The number of rotatable bonds is 3. The Morgan fingerprint density at radius 3 is 2.95 bits per heavy atom. The zero-order valence-electron chi connectivity index (χ0n) is 11.1. The second-order valence-electron chi connectivity index (χ2n) is 5.23. The normalized spacial score (nSPS) is 20.5. The third kappa shape index (κ3) is 2.82. The standard InChI is InChI=1S/C16H20N2O/c17-14-6-3-5-13(11-14)16-8-1-2-9-18(16)12-15-7-4-10-19-15/h3-7,10-11,16H,1-2,8-9,12,17H2. The molecule has 1 aliphatic rings. The number of hydrogen-bond acceptors (Lipinski definition) is 3. The van der Waals surface area contributed by atoms with Crippen LogP contribution in [0, 0.1) is 0 Å². The van der Waals surface area contributed by atoms with Crippen molar-refractivity contribution in [3.63, 3.8) is 0 Å². The maximum Gasteiger partial charge on any atom is 0.117 e. The van der Waals surface area contributed by atoms with Crippen LogP contribution in [0.3, 0.4) is 0 Å². The van der Waals surface area contributed by atoms with Crippen molar-refractivity contribution in [1.29, 1.82) is 0 Å². The smallest absolute Gasteiger partial charge is 0.117 e. The van der Waals surface area contributed by atoms with Gasteiger partial charge in [-0.25, -0.2) is 0 Å². The predicted octanol–water partition coefficient (Wildman–Crippen LogP) is 3.59. The van der Waals surface area contributed by atoms with E-state index in [0.29, 0.717) is 6.04 Å². The minimum atomic E-state index is 0.461. The zero-order chi connectivity index (χ0) is 13.1. The molecule has 1 aliphatic heterocycles. The summed E-state index contributed by atoms with van der Waals surface area (Å²) in [5.74, 6) is 1.04. The lowest BCUT2D eigenvalue weighted by molar-refractivity contribution is 0.130. The Hall–Kier alpha value is -1.74. The van der Waals surface area contributed by atoms with Crippen molar-refractivity contribution in [2.75, 3.05) is 12.3 Å². The van der Waals surface area contributed by atoms with E-state index in [2.05, 4.69) is 17.0 Å². The molecule has 2 aromatic rings. The van der Waals surface area contributed by atoms with Crippen LogP contribution >= 0.6 is 0 Å². The van der Waals surface area contributed by atoms with Crippen molar-refractivity contribution < 1.29 is 4.42 Å². The van der Waals surface area contributed by atoms with Crippen molar-refractivity contribution in [3.8, 4) is 0 Å². The molecule has 1 aromatic heterocycles. The van der Waals surface area contributed by atoms with Gasteiger partial charge in [-0.2, -0.15) is 0 Å². The first-order chi connectivity index (χ1) is 9.33. The molecule has 1 fully saturated rings. The maximum absolute atomic E-state index is 5.91. The van der Waals surface area contributed by atoms with E-state index in [0.717, 1.165) is 24.5 Å². The first kappa shape index (κ1) is 12.3. The van der Waals surface area contributed by atoms with E-state index in [4.69, 9.17) is 10.2 Å². The molecule has 3 heteroatoms. The number of likely N-dealkylation sites (tertiary alicyclic amines) is 1. The lowest BCUT2D eigenvalue weighted by atomic mass is 9.95. The summed E-state index contributed by atoms with van der Waals surface area (Å²) in [7, 11) is 0. The van der Waals surface area contributed by atoms with Crippen molar-refractivity contribution in [3.05, 3.63) is 54.0 Å². The van der Waals surface area contributed by atoms with Gasteiger partial charge in [-0.3, -0.25) is 4.90 Å². The fourth-order valence-electron chi connectivity index (χ4n) is 2.93. The van der Waals surface area contributed by atoms with Crippen LogP contribution in [0.25, 0.3) is 0 Å². The first-order valence-corrected chi connectivity index (χ1v) is 6.95. The molecule has 3 nitrogen and oxygen atoms in total. The monoisotopic (exact) mass is 256 g/mol. The Morgan fingerprint density at radius 2 is 2.16 bits per heavy atom. The van der Waals surface area contributed by atoms with Crippen LogP contribution < -0.4 is 5.73 Å². The first-order valence-electron chi connectivity index (χ1n) is 6.95. The maximum atomic E-state index is 5.91. The molecule has 2 heterocycles. The summed E-state index contributed by atoms with van der Waals surface area (Å²) in [6, 6.07) is 12.7. The topological polar surface area (TPSA) is 42.4 Å². The third-order valence-corrected chi connectivity index (χ3v) is 3.85. The fraction of sp³-hybridized carbons (Fsp3) is 0.375. The second-order valence-corrected chi connectivity index (χ2v) is 5.23. The largest absolute Gasteiger partial charge is 0.468 e. The fourth-order valence-corrected chi connectivity index (χ4v) is 2.93. The number of nitrogens with two attached hydrogens (primary N) is 1. The Morgan fingerprint density at radius 1 is 1.21 bits per heavy atom. The number of hydrogen-bond donors (Lipinski definition) is 1. The van der Waals surface area contributed by atoms with Gasteiger partial charge in [0.05, 0.1) is 12.8 Å². The van der Waals surface area contributed by atoms with E-state index in [1.807, 2.05) is 24.3 Å². The number of anilines is 1. The number of furan rings is 1. The minimum Gasteiger partial charge on any atom is -0.468 e. The van der Waals surface area contributed by atoms with E-state index in [1.54, 1.807) is 6.26 Å². The molecule has 1 saturated heterocycles. The Kier molecular flexibility index (Phi) is 3.56. The minimum absolute atomic E-state index is 0.461. The van der Waals surface area contributed by atoms with E-state index < -0.39 is 0 Å². The number of nitrogen functional groups attached to an aromatic ring is 1. The van der Waals surface area contributed by atoms with Crippen molar-refractivity contribution in [1.82, 2.24) is 4.90 Å². The van der Waals surface area contributed by atoms with Crippen LogP contribution in [-0.4, -0.2) is 11.4 Å². The summed E-state index contributed by atoms with van der Waals surface area (Å²) in [5.41, 5.74) is 8.08.